The van der Waals surface area contributed by atoms with Gasteiger partial charge < -0.3 is 10.2 Å². The molecule has 1 aliphatic heterocycles. The van der Waals surface area contributed by atoms with E-state index in [0.717, 1.165) is 28.3 Å². The molecule has 34 heavy (non-hydrogen) atoms. The van der Waals surface area contributed by atoms with Crippen LogP contribution < -0.4 is 5.32 Å². The summed E-state index contributed by atoms with van der Waals surface area (Å²) < 4.78 is 26.4. The highest BCUT2D eigenvalue weighted by Crippen LogP contribution is 2.30. The Morgan fingerprint density at radius 2 is 1.85 bits per heavy atom. The van der Waals surface area contributed by atoms with Gasteiger partial charge in [0.05, 0.1) is 5.56 Å². The van der Waals surface area contributed by atoms with E-state index in [1.165, 1.54) is 17.0 Å². The van der Waals surface area contributed by atoms with E-state index in [-0.39, 0.29) is 35.9 Å². The second-order valence-corrected chi connectivity index (χ2v) is 10.3. The Morgan fingerprint density at radius 1 is 1.12 bits per heavy atom. The number of carbonyl (C=O) groups is 3. The molecule has 0 fully saturated rings. The summed E-state index contributed by atoms with van der Waals surface area (Å²) in [4.78, 5) is 40.1. The number of hydrogen-bond donors (Lipinski definition) is 1. The first-order valence-electron chi connectivity index (χ1n) is 11.5. The van der Waals surface area contributed by atoms with Crippen molar-refractivity contribution >= 4 is 27.7 Å². The Bertz CT molecular complexity index is 1180. The topological polar surface area (TPSA) is 104 Å². The zero-order valence-electron chi connectivity index (χ0n) is 19.8. The summed E-state index contributed by atoms with van der Waals surface area (Å²) in [5, 5.41) is 2.85. The van der Waals surface area contributed by atoms with E-state index in [9.17, 15) is 22.8 Å². The SMILES string of the molecule is CCCCNC(=O)C(C)N(Cc1cccc(C)c1)C(=O)CCN1C(=O)c2ccccc2S1(=O)=O. The molecule has 0 radical (unpaired) electrons. The number of aryl methyl sites for hydroxylation is 1. The number of unbranched alkanes of at least 4 members (excludes halogenated alkanes) is 1. The minimum Gasteiger partial charge on any atom is -0.354 e. The lowest BCUT2D eigenvalue weighted by atomic mass is 10.1. The molecular formula is C25H31N3O5S. The summed E-state index contributed by atoms with van der Waals surface area (Å²) in [7, 11) is -4.00. The molecule has 0 aromatic heterocycles. The minimum absolute atomic E-state index is 0.0484. The van der Waals surface area contributed by atoms with Crippen LogP contribution in [0.5, 0.6) is 0 Å². The van der Waals surface area contributed by atoms with Crippen LogP contribution in [0.1, 0.15) is 54.6 Å². The fourth-order valence-electron chi connectivity index (χ4n) is 3.92. The van der Waals surface area contributed by atoms with Gasteiger partial charge in [-0.1, -0.05) is 55.3 Å². The van der Waals surface area contributed by atoms with Crippen molar-refractivity contribution in [1.82, 2.24) is 14.5 Å². The van der Waals surface area contributed by atoms with Crippen LogP contribution in [0.3, 0.4) is 0 Å². The maximum atomic E-state index is 13.3. The highest BCUT2D eigenvalue weighted by Gasteiger charge is 2.41. The molecule has 0 spiro atoms. The van der Waals surface area contributed by atoms with Gasteiger partial charge in [0.1, 0.15) is 10.9 Å². The fraction of sp³-hybridized carbons (Fsp3) is 0.400. The van der Waals surface area contributed by atoms with Gasteiger partial charge in [0.2, 0.25) is 11.8 Å². The zero-order chi connectivity index (χ0) is 24.9. The smallest absolute Gasteiger partial charge is 0.269 e. The van der Waals surface area contributed by atoms with Gasteiger partial charge in [-0.25, -0.2) is 12.7 Å². The molecule has 3 rings (SSSR count). The predicted octanol–water partition coefficient (Wildman–Crippen LogP) is 2.86. The van der Waals surface area contributed by atoms with E-state index in [4.69, 9.17) is 0 Å². The van der Waals surface area contributed by atoms with Crippen molar-refractivity contribution < 1.29 is 22.8 Å². The first-order valence-corrected chi connectivity index (χ1v) is 12.9. The second-order valence-electron chi connectivity index (χ2n) is 8.46. The van der Waals surface area contributed by atoms with Crippen molar-refractivity contribution in [3.8, 4) is 0 Å². The van der Waals surface area contributed by atoms with Crippen LogP contribution in [0.4, 0.5) is 0 Å². The molecule has 1 heterocycles. The predicted molar refractivity (Wildman–Crippen MR) is 128 cm³/mol. The van der Waals surface area contributed by atoms with Crippen molar-refractivity contribution in [2.45, 2.75) is 57.5 Å². The number of amides is 3. The van der Waals surface area contributed by atoms with Crippen LogP contribution in [0, 0.1) is 6.92 Å². The van der Waals surface area contributed by atoms with Crippen molar-refractivity contribution in [2.75, 3.05) is 13.1 Å². The summed E-state index contributed by atoms with van der Waals surface area (Å²) in [5.41, 5.74) is 1.99. The summed E-state index contributed by atoms with van der Waals surface area (Å²) >= 11 is 0. The average molecular weight is 486 g/mol. The molecule has 3 amide bonds. The van der Waals surface area contributed by atoms with Gasteiger partial charge in [-0.2, -0.15) is 0 Å². The molecule has 0 saturated carbocycles. The fourth-order valence-corrected chi connectivity index (χ4v) is 5.49. The number of rotatable bonds is 10. The third kappa shape index (κ3) is 5.47. The number of carbonyl (C=O) groups excluding carboxylic acids is 3. The van der Waals surface area contributed by atoms with Gasteiger partial charge in [-0.3, -0.25) is 14.4 Å². The second kappa shape index (κ2) is 10.8. The summed E-state index contributed by atoms with van der Waals surface area (Å²) in [5.74, 6) is -1.32. The molecule has 1 unspecified atom stereocenters. The van der Waals surface area contributed by atoms with Crippen LogP contribution in [0.2, 0.25) is 0 Å². The van der Waals surface area contributed by atoms with E-state index in [0.29, 0.717) is 6.54 Å². The van der Waals surface area contributed by atoms with E-state index >= 15 is 0 Å². The first kappa shape index (κ1) is 25.4. The van der Waals surface area contributed by atoms with Crippen molar-refractivity contribution in [3.05, 3.63) is 65.2 Å². The quantitative estimate of drug-likeness (QED) is 0.521. The van der Waals surface area contributed by atoms with E-state index < -0.39 is 27.9 Å². The van der Waals surface area contributed by atoms with Crippen LogP contribution >= 0.6 is 0 Å². The molecule has 0 bridgehead atoms. The lowest BCUT2D eigenvalue weighted by molar-refractivity contribution is -0.140. The molecule has 0 aliphatic carbocycles. The average Bonchev–Trinajstić information content (AvgIpc) is 3.00. The van der Waals surface area contributed by atoms with Crippen molar-refractivity contribution in [1.29, 1.82) is 0 Å². The van der Waals surface area contributed by atoms with Gasteiger partial charge in [0.25, 0.3) is 15.9 Å². The summed E-state index contributed by atoms with van der Waals surface area (Å²) in [6, 6.07) is 12.9. The number of benzene rings is 2. The van der Waals surface area contributed by atoms with E-state index in [1.54, 1.807) is 19.1 Å². The molecule has 182 valence electrons. The standard InChI is InChI=1S/C25H31N3O5S/c1-4-5-14-26-24(30)19(3)27(17-20-10-8-9-18(2)16-20)23(29)13-15-28-25(31)21-11-6-7-12-22(21)34(28,32)33/h6-12,16,19H,4-5,13-15,17H2,1-3H3,(H,26,30). The Kier molecular flexibility index (Phi) is 8.09. The van der Waals surface area contributed by atoms with Crippen LogP contribution in [-0.2, 0) is 26.2 Å². The third-order valence-electron chi connectivity index (χ3n) is 5.87. The van der Waals surface area contributed by atoms with Crippen LogP contribution in [-0.4, -0.2) is 54.5 Å². The minimum atomic E-state index is -4.00. The molecule has 1 N–H and O–H groups in total. The largest absolute Gasteiger partial charge is 0.354 e. The summed E-state index contributed by atoms with van der Waals surface area (Å²) in [6.07, 6.45) is 1.54. The maximum absolute atomic E-state index is 13.3. The van der Waals surface area contributed by atoms with E-state index in [1.807, 2.05) is 38.1 Å². The summed E-state index contributed by atoms with van der Waals surface area (Å²) in [6.45, 7) is 6.05. The lowest BCUT2D eigenvalue weighted by Crippen LogP contribution is -2.48. The highest BCUT2D eigenvalue weighted by atomic mass is 32.2. The van der Waals surface area contributed by atoms with E-state index in [2.05, 4.69) is 5.32 Å². The van der Waals surface area contributed by atoms with Gasteiger partial charge >= 0.3 is 0 Å². The maximum Gasteiger partial charge on any atom is 0.269 e. The monoisotopic (exact) mass is 485 g/mol. The number of fused-ring (bicyclic) bond motifs is 1. The molecule has 1 atom stereocenters. The zero-order valence-corrected chi connectivity index (χ0v) is 20.6. The molecular weight excluding hydrogens is 454 g/mol. The number of nitrogens with one attached hydrogen (secondary N) is 1. The first-order chi connectivity index (χ1) is 16.2. The van der Waals surface area contributed by atoms with Gasteiger partial charge in [-0.05, 0) is 38.0 Å². The number of nitrogens with zero attached hydrogens (tertiary/aromatic N) is 2. The normalized spacial score (nSPS) is 15.0. The Balaban J connectivity index is 1.77. The van der Waals surface area contributed by atoms with Gasteiger partial charge in [0, 0.05) is 26.1 Å². The lowest BCUT2D eigenvalue weighted by Gasteiger charge is -2.29. The number of hydrogen-bond acceptors (Lipinski definition) is 5. The third-order valence-corrected chi connectivity index (χ3v) is 7.71. The molecule has 2 aromatic rings. The van der Waals surface area contributed by atoms with Gasteiger partial charge in [-0.15, -0.1) is 0 Å². The molecule has 2 aromatic carbocycles. The Hall–Kier alpha value is -3.20. The Morgan fingerprint density at radius 3 is 2.53 bits per heavy atom. The van der Waals surface area contributed by atoms with Crippen LogP contribution in [0.15, 0.2) is 53.4 Å². The molecule has 8 nitrogen and oxygen atoms in total. The van der Waals surface area contributed by atoms with Crippen molar-refractivity contribution in [2.24, 2.45) is 0 Å². The van der Waals surface area contributed by atoms with Gasteiger partial charge in [0.15, 0.2) is 0 Å². The number of sulfonamides is 1. The van der Waals surface area contributed by atoms with Crippen molar-refractivity contribution in [3.63, 3.8) is 0 Å². The Labute approximate surface area is 201 Å². The molecule has 1 aliphatic rings. The molecule has 0 saturated heterocycles. The molecule has 9 heteroatoms. The van der Waals surface area contributed by atoms with Crippen LogP contribution in [0.25, 0.3) is 0 Å². The highest BCUT2D eigenvalue weighted by molar-refractivity contribution is 7.90.